The summed E-state index contributed by atoms with van der Waals surface area (Å²) in [5.74, 6) is -3.12. The predicted octanol–water partition coefficient (Wildman–Crippen LogP) is 5.11. The number of hydrogen-bond acceptors (Lipinski definition) is 5. The van der Waals surface area contributed by atoms with Crippen LogP contribution in [0.2, 0.25) is 0 Å². The van der Waals surface area contributed by atoms with E-state index < -0.39 is 23.8 Å². The largest absolute Gasteiger partial charge is 0.478 e. The summed E-state index contributed by atoms with van der Waals surface area (Å²) in [7, 11) is 0. The second-order valence-corrected chi connectivity index (χ2v) is 9.53. The van der Waals surface area contributed by atoms with E-state index in [1.807, 2.05) is 0 Å². The monoisotopic (exact) mass is 469 g/mol. The van der Waals surface area contributed by atoms with Crippen molar-refractivity contribution < 1.29 is 29.3 Å². The minimum atomic E-state index is -1.20. The van der Waals surface area contributed by atoms with Crippen molar-refractivity contribution in [2.24, 2.45) is 11.8 Å². The number of carboxylic acid groups (broad SMARTS) is 2. The lowest BCUT2D eigenvalue weighted by atomic mass is 9.78. The minimum absolute atomic E-state index is 0.0413. The van der Waals surface area contributed by atoms with Crippen molar-refractivity contribution in [3.8, 4) is 0 Å². The van der Waals surface area contributed by atoms with Gasteiger partial charge in [-0.2, -0.15) is 0 Å². The van der Waals surface area contributed by atoms with Crippen LogP contribution in [-0.2, 0) is 19.1 Å². The Hall–Kier alpha value is -3.35. The van der Waals surface area contributed by atoms with Gasteiger partial charge in [-0.05, 0) is 55.7 Å². The van der Waals surface area contributed by atoms with Gasteiger partial charge in [0.25, 0.3) is 0 Å². The smallest absolute Gasteiger partial charge is 0.334 e. The normalized spacial score (nSPS) is 15.0. The molecule has 0 aromatic heterocycles. The summed E-state index contributed by atoms with van der Waals surface area (Å²) in [5.41, 5.74) is 1.71. The van der Waals surface area contributed by atoms with Gasteiger partial charge in [-0.25, -0.2) is 14.4 Å². The van der Waals surface area contributed by atoms with Gasteiger partial charge in [0.05, 0.1) is 17.1 Å². The van der Waals surface area contributed by atoms with Crippen LogP contribution < -0.4 is 5.32 Å². The van der Waals surface area contributed by atoms with Crippen LogP contribution in [0.5, 0.6) is 0 Å². The van der Waals surface area contributed by atoms with E-state index in [1.165, 1.54) is 6.08 Å². The first-order valence-electron chi connectivity index (χ1n) is 11.5. The zero-order chi connectivity index (χ0) is 25.6. The number of allylic oxidation sites excluding steroid dienone is 2. The molecule has 184 valence electrons. The molecule has 0 saturated heterocycles. The van der Waals surface area contributed by atoms with Gasteiger partial charge < -0.3 is 20.3 Å². The number of nitrogens with one attached hydrogen (secondary N) is 1. The molecule has 0 aliphatic carbocycles. The number of hydrogen-bond donors (Lipinski definition) is 3. The highest BCUT2D eigenvalue weighted by Crippen LogP contribution is 2.40. The van der Waals surface area contributed by atoms with E-state index in [0.717, 1.165) is 12.8 Å². The van der Waals surface area contributed by atoms with Crippen LogP contribution in [0.1, 0.15) is 71.4 Å². The average molecular weight is 470 g/mol. The van der Waals surface area contributed by atoms with Gasteiger partial charge in [0, 0.05) is 17.5 Å². The molecular weight excluding hydrogens is 434 g/mol. The molecule has 1 aliphatic rings. The van der Waals surface area contributed by atoms with E-state index in [2.05, 4.69) is 33.0 Å². The van der Waals surface area contributed by atoms with Gasteiger partial charge in [0.1, 0.15) is 6.10 Å². The molecule has 1 aromatic rings. The molecule has 0 unspecified atom stereocenters. The maximum atomic E-state index is 12.6. The Morgan fingerprint density at radius 1 is 0.941 bits per heavy atom. The van der Waals surface area contributed by atoms with Gasteiger partial charge in [-0.15, -0.1) is 0 Å². The Morgan fingerprint density at radius 2 is 1.44 bits per heavy atom. The summed E-state index contributed by atoms with van der Waals surface area (Å²) in [6.45, 7) is 11.5. The van der Waals surface area contributed by atoms with Crippen molar-refractivity contribution in [1.82, 2.24) is 5.32 Å². The number of carboxylic acids is 2. The fourth-order valence-corrected chi connectivity index (χ4v) is 4.40. The Bertz CT molecular complexity index is 985. The summed E-state index contributed by atoms with van der Waals surface area (Å²) in [6.07, 6.45) is 4.22. The molecule has 0 bridgehead atoms. The van der Waals surface area contributed by atoms with Crippen LogP contribution in [0, 0.1) is 11.8 Å². The molecule has 0 radical (unpaired) electrons. The van der Waals surface area contributed by atoms with E-state index in [9.17, 15) is 24.6 Å². The lowest BCUT2D eigenvalue weighted by Crippen LogP contribution is -2.31. The van der Waals surface area contributed by atoms with Crippen LogP contribution in [-0.4, -0.2) is 34.2 Å². The zero-order valence-corrected chi connectivity index (χ0v) is 20.7. The molecule has 7 heteroatoms. The summed E-state index contributed by atoms with van der Waals surface area (Å²) in [5, 5.41) is 22.6. The van der Waals surface area contributed by atoms with Crippen molar-refractivity contribution in [3.63, 3.8) is 0 Å². The molecule has 34 heavy (non-hydrogen) atoms. The molecule has 1 heterocycles. The van der Waals surface area contributed by atoms with E-state index in [1.54, 1.807) is 44.2 Å². The lowest BCUT2D eigenvalue weighted by molar-refractivity contribution is -0.144. The maximum Gasteiger partial charge on any atom is 0.334 e. The second kappa shape index (κ2) is 11.7. The van der Waals surface area contributed by atoms with Crippen molar-refractivity contribution >= 4 is 24.0 Å². The molecule has 1 aliphatic heterocycles. The number of carbonyl (C=O) groups excluding carboxylic acids is 1. The molecule has 7 nitrogen and oxygen atoms in total. The zero-order valence-electron chi connectivity index (χ0n) is 20.7. The lowest BCUT2D eigenvalue weighted by Gasteiger charge is -2.29. The number of benzene rings is 1. The van der Waals surface area contributed by atoms with Crippen LogP contribution in [0.4, 0.5) is 0 Å². The summed E-state index contributed by atoms with van der Waals surface area (Å²) >= 11 is 0. The minimum Gasteiger partial charge on any atom is -0.478 e. The van der Waals surface area contributed by atoms with Gasteiger partial charge in [0.2, 0.25) is 0 Å². The SMILES string of the molecule is CC1=C(C(=O)O)C(c2ccccc2/C=C/C(=O)OC(CC(C)C)CC(C)C)C(C(=O)O)=C(C)N1. The topological polar surface area (TPSA) is 113 Å². The van der Waals surface area contributed by atoms with Crippen LogP contribution in [0.25, 0.3) is 6.08 Å². The highest BCUT2D eigenvalue weighted by molar-refractivity contribution is 5.99. The van der Waals surface area contributed by atoms with Crippen molar-refractivity contribution in [2.75, 3.05) is 0 Å². The highest BCUT2D eigenvalue weighted by Gasteiger charge is 2.37. The number of ether oxygens (including phenoxy) is 1. The summed E-state index contributed by atoms with van der Waals surface area (Å²) in [4.78, 5) is 36.8. The van der Waals surface area contributed by atoms with Gasteiger partial charge >= 0.3 is 17.9 Å². The van der Waals surface area contributed by atoms with Crippen molar-refractivity contribution in [3.05, 3.63) is 64.0 Å². The van der Waals surface area contributed by atoms with Crippen LogP contribution >= 0.6 is 0 Å². The summed E-state index contributed by atoms with van der Waals surface area (Å²) < 4.78 is 5.69. The standard InChI is InChI=1S/C27H35NO6/c1-15(2)13-20(14-16(3)4)34-22(29)12-11-19-9-7-8-10-21(19)25-23(26(30)31)17(5)28-18(6)24(25)27(32)33/h7-12,15-16,20,25,28H,13-14H2,1-6H3,(H,30,31)(H,32,33)/b12-11+. The van der Waals surface area contributed by atoms with Crippen LogP contribution in [0.15, 0.2) is 52.9 Å². The molecule has 0 saturated carbocycles. The van der Waals surface area contributed by atoms with E-state index in [4.69, 9.17) is 4.74 Å². The first-order chi connectivity index (χ1) is 15.9. The first-order valence-corrected chi connectivity index (χ1v) is 11.5. The first kappa shape index (κ1) is 26.9. The molecule has 1 aromatic carbocycles. The number of rotatable bonds is 10. The quantitative estimate of drug-likeness (QED) is 0.322. The Kier molecular flexibility index (Phi) is 9.24. The van der Waals surface area contributed by atoms with Crippen molar-refractivity contribution in [2.45, 2.75) is 66.4 Å². The number of aliphatic carboxylic acids is 2. The Balaban J connectivity index is 2.43. The molecule has 0 amide bonds. The fourth-order valence-electron chi connectivity index (χ4n) is 4.40. The Morgan fingerprint density at radius 3 is 1.91 bits per heavy atom. The third-order valence-electron chi connectivity index (χ3n) is 5.68. The molecule has 2 rings (SSSR count). The van der Waals surface area contributed by atoms with Gasteiger partial charge in [0.15, 0.2) is 0 Å². The predicted molar refractivity (Wildman–Crippen MR) is 131 cm³/mol. The molecule has 3 N–H and O–H groups in total. The molecule has 0 atom stereocenters. The van der Waals surface area contributed by atoms with Gasteiger partial charge in [-0.3, -0.25) is 0 Å². The molecular formula is C27H35NO6. The third kappa shape index (κ3) is 6.83. The Labute approximate surface area is 201 Å². The van der Waals surface area contributed by atoms with E-state index >= 15 is 0 Å². The fraction of sp³-hybridized carbons (Fsp3) is 0.444. The number of esters is 1. The summed E-state index contributed by atoms with van der Waals surface area (Å²) in [6, 6.07) is 6.89. The van der Waals surface area contributed by atoms with E-state index in [-0.39, 0.29) is 17.3 Å². The van der Waals surface area contributed by atoms with Crippen LogP contribution in [0.3, 0.4) is 0 Å². The van der Waals surface area contributed by atoms with E-state index in [0.29, 0.717) is 34.4 Å². The second-order valence-electron chi connectivity index (χ2n) is 9.53. The van der Waals surface area contributed by atoms with Gasteiger partial charge in [-0.1, -0.05) is 52.0 Å². The number of dihydropyridines is 1. The molecule has 0 fully saturated rings. The third-order valence-corrected chi connectivity index (χ3v) is 5.68. The average Bonchev–Trinajstić information content (AvgIpc) is 2.70. The molecule has 0 spiro atoms. The van der Waals surface area contributed by atoms with Crippen molar-refractivity contribution in [1.29, 1.82) is 0 Å². The maximum absolute atomic E-state index is 12.6. The number of carbonyl (C=O) groups is 3. The highest BCUT2D eigenvalue weighted by atomic mass is 16.5.